The Morgan fingerprint density at radius 2 is 1.86 bits per heavy atom. The summed E-state index contributed by atoms with van der Waals surface area (Å²) >= 11 is 0. The Balaban J connectivity index is 2.43. The number of rotatable bonds is 4. The fraction of sp³-hybridized carbons (Fsp3) is 0.143. The summed E-state index contributed by atoms with van der Waals surface area (Å²) in [6.07, 6.45) is 0. The lowest BCUT2D eigenvalue weighted by Gasteiger charge is -2.10. The first-order valence-corrected chi connectivity index (χ1v) is 7.59. The molecule has 7 heteroatoms. The van der Waals surface area contributed by atoms with E-state index < -0.39 is 27.2 Å². The highest BCUT2D eigenvalue weighted by atomic mass is 32.2. The van der Waals surface area contributed by atoms with Crippen molar-refractivity contribution in [2.24, 2.45) is 0 Å². The minimum absolute atomic E-state index is 0.0401. The van der Waals surface area contributed by atoms with Crippen LogP contribution in [0.4, 0.5) is 14.5 Å². The van der Waals surface area contributed by atoms with Crippen LogP contribution >= 0.6 is 0 Å². The molecular weight excluding hydrogens is 300 g/mol. The number of hydrogen-bond acceptors (Lipinski definition) is 4. The summed E-state index contributed by atoms with van der Waals surface area (Å²) < 4.78 is 56.0. The number of halogens is 2. The molecule has 2 aromatic rings. The molecule has 112 valence electrons. The fourth-order valence-electron chi connectivity index (χ4n) is 1.83. The zero-order valence-corrected chi connectivity index (χ0v) is 12.0. The highest BCUT2D eigenvalue weighted by Crippen LogP contribution is 2.27. The van der Waals surface area contributed by atoms with Crippen LogP contribution in [-0.2, 0) is 15.6 Å². The first kappa shape index (κ1) is 15.2. The van der Waals surface area contributed by atoms with E-state index in [4.69, 9.17) is 10.5 Å². The fourth-order valence-corrected chi connectivity index (χ4v) is 3.35. The van der Waals surface area contributed by atoms with E-state index in [1.807, 2.05) is 0 Å². The topological polar surface area (TPSA) is 69.4 Å². The van der Waals surface area contributed by atoms with Crippen molar-refractivity contribution >= 4 is 15.5 Å². The van der Waals surface area contributed by atoms with Gasteiger partial charge in [-0.25, -0.2) is 17.2 Å². The summed E-state index contributed by atoms with van der Waals surface area (Å²) in [5.74, 6) is -1.98. The summed E-state index contributed by atoms with van der Waals surface area (Å²) in [6.45, 7) is 0. The van der Waals surface area contributed by atoms with Crippen molar-refractivity contribution in [3.05, 3.63) is 53.6 Å². The molecule has 0 radical (unpaired) electrons. The molecule has 21 heavy (non-hydrogen) atoms. The number of nitrogens with two attached hydrogens (primary N) is 1. The van der Waals surface area contributed by atoms with Crippen LogP contribution in [0.15, 0.2) is 41.3 Å². The monoisotopic (exact) mass is 313 g/mol. The second-order valence-electron chi connectivity index (χ2n) is 4.40. The van der Waals surface area contributed by atoms with Gasteiger partial charge in [0.05, 0.1) is 23.4 Å². The standard InChI is InChI=1S/C14H13F2NO3S/c1-20-11-4-5-13(17)14(7-11)21(18,19)8-9-2-3-10(15)6-12(9)16/h2-7H,8,17H2,1H3. The van der Waals surface area contributed by atoms with E-state index in [-0.39, 0.29) is 16.1 Å². The van der Waals surface area contributed by atoms with Gasteiger partial charge in [0.1, 0.15) is 17.4 Å². The molecule has 0 saturated carbocycles. The number of nitrogen functional groups attached to an aromatic ring is 1. The molecule has 0 unspecified atom stereocenters. The lowest BCUT2D eigenvalue weighted by molar-refractivity contribution is 0.413. The SMILES string of the molecule is COc1ccc(N)c(S(=O)(=O)Cc2ccc(F)cc2F)c1. The molecule has 0 saturated heterocycles. The van der Waals surface area contributed by atoms with Crippen molar-refractivity contribution in [1.82, 2.24) is 0 Å². The van der Waals surface area contributed by atoms with E-state index in [1.54, 1.807) is 0 Å². The van der Waals surface area contributed by atoms with Crippen LogP contribution in [0.2, 0.25) is 0 Å². The Morgan fingerprint density at radius 3 is 2.48 bits per heavy atom. The van der Waals surface area contributed by atoms with Gasteiger partial charge in [0.25, 0.3) is 0 Å². The van der Waals surface area contributed by atoms with Crippen LogP contribution < -0.4 is 10.5 Å². The molecule has 2 N–H and O–H groups in total. The smallest absolute Gasteiger partial charge is 0.184 e. The van der Waals surface area contributed by atoms with Crippen LogP contribution in [0.5, 0.6) is 5.75 Å². The van der Waals surface area contributed by atoms with Gasteiger partial charge in [0.2, 0.25) is 0 Å². The number of hydrogen-bond donors (Lipinski definition) is 1. The molecule has 2 aromatic carbocycles. The lowest BCUT2D eigenvalue weighted by atomic mass is 10.2. The normalized spacial score (nSPS) is 11.4. The van der Waals surface area contributed by atoms with E-state index in [2.05, 4.69) is 0 Å². The molecule has 0 aliphatic rings. The second kappa shape index (κ2) is 5.69. The van der Waals surface area contributed by atoms with E-state index in [0.29, 0.717) is 11.8 Å². The minimum Gasteiger partial charge on any atom is -0.497 e. The summed E-state index contributed by atoms with van der Waals surface area (Å²) in [5, 5.41) is 0. The first-order valence-electron chi connectivity index (χ1n) is 5.93. The van der Waals surface area contributed by atoms with Crippen LogP contribution in [0, 0.1) is 11.6 Å². The Kier molecular flexibility index (Phi) is 4.13. The van der Waals surface area contributed by atoms with Crippen LogP contribution in [-0.4, -0.2) is 15.5 Å². The Morgan fingerprint density at radius 1 is 1.14 bits per heavy atom. The maximum absolute atomic E-state index is 13.6. The van der Waals surface area contributed by atoms with E-state index >= 15 is 0 Å². The van der Waals surface area contributed by atoms with Crippen molar-refractivity contribution in [3.8, 4) is 5.75 Å². The molecule has 0 bridgehead atoms. The number of sulfone groups is 1. The van der Waals surface area contributed by atoms with Crippen LogP contribution in [0.25, 0.3) is 0 Å². The van der Waals surface area contributed by atoms with E-state index in [0.717, 1.165) is 12.1 Å². The molecule has 0 atom stereocenters. The number of ether oxygens (including phenoxy) is 1. The zero-order chi connectivity index (χ0) is 15.6. The third-order valence-corrected chi connectivity index (χ3v) is 4.63. The van der Waals surface area contributed by atoms with Gasteiger partial charge in [-0.1, -0.05) is 6.07 Å². The molecule has 0 spiro atoms. The van der Waals surface area contributed by atoms with E-state index in [9.17, 15) is 17.2 Å². The van der Waals surface area contributed by atoms with Crippen molar-refractivity contribution in [3.63, 3.8) is 0 Å². The number of anilines is 1. The molecule has 0 aromatic heterocycles. The lowest BCUT2D eigenvalue weighted by Crippen LogP contribution is -2.09. The Bertz CT molecular complexity index is 776. The predicted octanol–water partition coefficient (Wildman–Crippen LogP) is 2.53. The maximum atomic E-state index is 13.6. The molecule has 0 aliphatic heterocycles. The van der Waals surface area contributed by atoms with Gasteiger partial charge < -0.3 is 10.5 Å². The summed E-state index contributed by atoms with van der Waals surface area (Å²) in [4.78, 5) is -0.148. The third-order valence-electron chi connectivity index (χ3n) is 2.92. The number of methoxy groups -OCH3 is 1. The van der Waals surface area contributed by atoms with Crippen molar-refractivity contribution < 1.29 is 21.9 Å². The largest absolute Gasteiger partial charge is 0.497 e. The predicted molar refractivity (Wildman–Crippen MR) is 74.7 cm³/mol. The van der Waals surface area contributed by atoms with E-state index in [1.165, 1.54) is 25.3 Å². The van der Waals surface area contributed by atoms with Gasteiger partial charge in [-0.2, -0.15) is 0 Å². The molecular formula is C14H13F2NO3S. The average Bonchev–Trinajstić information content (AvgIpc) is 2.42. The quantitative estimate of drug-likeness (QED) is 0.881. The maximum Gasteiger partial charge on any atom is 0.184 e. The summed E-state index contributed by atoms with van der Waals surface area (Å²) in [5.41, 5.74) is 5.57. The van der Waals surface area contributed by atoms with Crippen LogP contribution in [0.1, 0.15) is 5.56 Å². The molecule has 4 nitrogen and oxygen atoms in total. The molecule has 0 fully saturated rings. The highest BCUT2D eigenvalue weighted by Gasteiger charge is 2.21. The summed E-state index contributed by atoms with van der Waals surface area (Å²) in [6, 6.07) is 6.92. The van der Waals surface area contributed by atoms with Gasteiger partial charge in [0.15, 0.2) is 9.84 Å². The minimum atomic E-state index is -3.88. The molecule has 0 aliphatic carbocycles. The van der Waals surface area contributed by atoms with Gasteiger partial charge in [-0.05, 0) is 18.2 Å². The van der Waals surface area contributed by atoms with Gasteiger partial charge in [0, 0.05) is 17.7 Å². The third kappa shape index (κ3) is 3.30. The highest BCUT2D eigenvalue weighted by molar-refractivity contribution is 7.90. The van der Waals surface area contributed by atoms with Crippen molar-refractivity contribution in [2.45, 2.75) is 10.6 Å². The first-order chi connectivity index (χ1) is 9.83. The van der Waals surface area contributed by atoms with Gasteiger partial charge in [-0.15, -0.1) is 0 Å². The average molecular weight is 313 g/mol. The van der Waals surface area contributed by atoms with Crippen LogP contribution in [0.3, 0.4) is 0 Å². The Labute approximate surface area is 121 Å². The van der Waals surface area contributed by atoms with Gasteiger partial charge >= 0.3 is 0 Å². The molecule has 0 amide bonds. The Hall–Kier alpha value is -2.15. The second-order valence-corrected chi connectivity index (χ2v) is 6.36. The van der Waals surface area contributed by atoms with Crippen molar-refractivity contribution in [1.29, 1.82) is 0 Å². The van der Waals surface area contributed by atoms with Crippen molar-refractivity contribution in [2.75, 3.05) is 12.8 Å². The molecule has 2 rings (SSSR count). The number of benzene rings is 2. The summed E-state index contributed by atoms with van der Waals surface area (Å²) in [7, 11) is -2.49. The van der Waals surface area contributed by atoms with Gasteiger partial charge in [-0.3, -0.25) is 0 Å². The molecule has 0 heterocycles. The zero-order valence-electron chi connectivity index (χ0n) is 11.1.